The van der Waals surface area contributed by atoms with Gasteiger partial charge in [-0.25, -0.2) is 0 Å². The molecule has 1 aromatic rings. The van der Waals surface area contributed by atoms with Gasteiger partial charge in [-0.05, 0) is 37.1 Å². The summed E-state index contributed by atoms with van der Waals surface area (Å²) in [7, 11) is -0.256. The van der Waals surface area contributed by atoms with Crippen LogP contribution in [0.2, 0.25) is 13.1 Å². The molecule has 1 rings (SSSR count). The molecule has 0 saturated heterocycles. The van der Waals surface area contributed by atoms with Crippen molar-refractivity contribution in [3.8, 4) is 0 Å². The highest BCUT2D eigenvalue weighted by Crippen LogP contribution is 2.01. The number of aryl methyl sites for hydroxylation is 2. The minimum Gasteiger partial charge on any atom is -0.0562 e. The average Bonchev–Trinajstić information content (AvgIpc) is 1.85. The normalized spacial score (nSPS) is 9.82. The summed E-state index contributed by atoms with van der Waals surface area (Å²) in [5.41, 5.74) is 2.79. The Morgan fingerprint density at radius 2 is 1.36 bits per heavy atom. The molecule has 0 aliphatic carbocycles. The molecule has 0 bridgehead atoms. The van der Waals surface area contributed by atoms with Crippen molar-refractivity contribution in [2.24, 2.45) is 0 Å². The Balaban J connectivity index is 3.08. The van der Waals surface area contributed by atoms with Crippen molar-refractivity contribution in [1.29, 1.82) is 0 Å². The fraction of sp³-hybridized carbons (Fsp3) is 0.400. The highest BCUT2D eigenvalue weighted by Gasteiger charge is 2.15. The van der Waals surface area contributed by atoms with Crippen LogP contribution in [0.5, 0.6) is 0 Å². The maximum absolute atomic E-state index is 2.33. The first kappa shape index (κ1) is 8.53. The van der Waals surface area contributed by atoms with Crippen molar-refractivity contribution in [3.63, 3.8) is 0 Å². The molecule has 0 amide bonds. The van der Waals surface area contributed by atoms with Crippen LogP contribution in [0, 0.1) is 13.8 Å². The summed E-state index contributed by atoms with van der Waals surface area (Å²) in [6, 6.07) is 6.84. The molecule has 1 aromatic carbocycles. The van der Waals surface area contributed by atoms with Crippen LogP contribution in [0.15, 0.2) is 18.2 Å². The number of rotatable bonds is 1. The van der Waals surface area contributed by atoms with Gasteiger partial charge in [0.1, 0.15) is 0 Å². The first-order chi connectivity index (χ1) is 5.09. The van der Waals surface area contributed by atoms with E-state index < -0.39 is 0 Å². The van der Waals surface area contributed by atoms with Crippen LogP contribution >= 0.6 is 0 Å². The predicted octanol–water partition coefficient (Wildman–Crippen LogP) is 2.26. The van der Waals surface area contributed by atoms with Crippen LogP contribution in [-0.4, -0.2) is 8.80 Å². The first-order valence-corrected chi connectivity index (χ1v) is 6.48. The van der Waals surface area contributed by atoms with Crippen LogP contribution < -0.4 is 5.19 Å². The summed E-state index contributed by atoms with van der Waals surface area (Å²) in [4.78, 5) is 0. The molecule has 0 aromatic heterocycles. The van der Waals surface area contributed by atoms with E-state index in [1.165, 1.54) is 11.1 Å². The van der Waals surface area contributed by atoms with E-state index in [1.54, 1.807) is 5.19 Å². The fourth-order valence-electron chi connectivity index (χ4n) is 1.26. The highest BCUT2D eigenvalue weighted by molar-refractivity contribution is 6.70. The fourth-order valence-corrected chi connectivity index (χ4v) is 2.30. The third-order valence-electron chi connectivity index (χ3n) is 1.80. The second-order valence-electron chi connectivity index (χ2n) is 3.38. The molecule has 0 fully saturated rings. The van der Waals surface area contributed by atoms with Gasteiger partial charge in [-0.3, -0.25) is 0 Å². The van der Waals surface area contributed by atoms with E-state index in [0.717, 1.165) is 0 Å². The molecule has 0 unspecified atom stereocenters. The van der Waals surface area contributed by atoms with Gasteiger partial charge in [0.25, 0.3) is 0 Å². The van der Waals surface area contributed by atoms with Crippen molar-refractivity contribution in [1.82, 2.24) is 0 Å². The molecule has 0 aliphatic rings. The summed E-state index contributed by atoms with van der Waals surface area (Å²) >= 11 is 0. The van der Waals surface area contributed by atoms with E-state index >= 15 is 0 Å². The molecule has 0 N–H and O–H groups in total. The Kier molecular flexibility index (Phi) is 2.50. The van der Waals surface area contributed by atoms with Gasteiger partial charge < -0.3 is 0 Å². The zero-order valence-corrected chi connectivity index (χ0v) is 8.73. The quantitative estimate of drug-likeness (QED) is 0.557. The maximum atomic E-state index is 2.33. The molecule has 0 saturated carbocycles. The van der Waals surface area contributed by atoms with E-state index in [0.29, 0.717) is 0 Å². The van der Waals surface area contributed by atoms with Crippen LogP contribution in [0.1, 0.15) is 11.1 Å². The van der Waals surface area contributed by atoms with E-state index in [1.807, 2.05) is 0 Å². The Bertz CT molecular complexity index is 231. The maximum Gasteiger partial charge on any atom is 0.345 e. The molecule has 1 heteroatoms. The van der Waals surface area contributed by atoms with Gasteiger partial charge in [-0.1, -0.05) is 6.07 Å². The zero-order chi connectivity index (χ0) is 8.43. The molecule has 0 radical (unpaired) electrons. The van der Waals surface area contributed by atoms with Crippen molar-refractivity contribution < 1.29 is 0 Å². The highest BCUT2D eigenvalue weighted by atomic mass is 28.3. The molecule has 0 heterocycles. The second-order valence-corrected chi connectivity index (χ2v) is 5.95. The SMILES string of the molecule is Cc1cc(C)cc([Si+](C)C)c1. The molecule has 0 aliphatic heterocycles. The first-order valence-electron chi connectivity index (χ1n) is 3.98. The molecule has 0 atom stereocenters. The van der Waals surface area contributed by atoms with Gasteiger partial charge in [-0.2, -0.15) is 0 Å². The van der Waals surface area contributed by atoms with Crippen molar-refractivity contribution in [3.05, 3.63) is 29.3 Å². The third-order valence-corrected chi connectivity index (χ3v) is 3.24. The van der Waals surface area contributed by atoms with Crippen LogP contribution in [-0.2, 0) is 0 Å². The summed E-state index contributed by atoms with van der Waals surface area (Å²) in [5, 5.41) is 1.55. The summed E-state index contributed by atoms with van der Waals surface area (Å²) in [6.07, 6.45) is 0. The van der Waals surface area contributed by atoms with E-state index in [9.17, 15) is 0 Å². The molecule has 0 nitrogen and oxygen atoms in total. The van der Waals surface area contributed by atoms with Gasteiger partial charge in [0.05, 0.1) is 18.3 Å². The van der Waals surface area contributed by atoms with Crippen molar-refractivity contribution in [2.75, 3.05) is 0 Å². The van der Waals surface area contributed by atoms with Crippen LogP contribution in [0.3, 0.4) is 0 Å². The molecular formula is C10H15Si+. The van der Waals surface area contributed by atoms with Gasteiger partial charge in [0, 0.05) is 0 Å². The summed E-state index contributed by atoms with van der Waals surface area (Å²) < 4.78 is 0. The minimum atomic E-state index is -0.256. The minimum absolute atomic E-state index is 0.256. The largest absolute Gasteiger partial charge is 0.345 e. The second kappa shape index (κ2) is 3.22. The lowest BCUT2D eigenvalue weighted by Gasteiger charge is -1.97. The molecular weight excluding hydrogens is 148 g/mol. The zero-order valence-electron chi connectivity index (χ0n) is 7.73. The Hall–Kier alpha value is -0.563. The third kappa shape index (κ3) is 2.19. The van der Waals surface area contributed by atoms with Crippen LogP contribution in [0.25, 0.3) is 0 Å². The average molecular weight is 163 g/mol. The lowest BCUT2D eigenvalue weighted by atomic mass is 10.2. The number of benzene rings is 1. The van der Waals surface area contributed by atoms with Gasteiger partial charge in [0.2, 0.25) is 0 Å². The number of hydrogen-bond donors (Lipinski definition) is 0. The Morgan fingerprint density at radius 3 is 1.73 bits per heavy atom. The standard InChI is InChI=1S/C10H15Si/c1-8-5-9(2)7-10(6-8)11(3)4/h5-7H,1-4H3/q+1. The monoisotopic (exact) mass is 163 g/mol. The molecule has 11 heavy (non-hydrogen) atoms. The van der Waals surface area contributed by atoms with E-state index in [4.69, 9.17) is 0 Å². The van der Waals surface area contributed by atoms with Crippen LogP contribution in [0.4, 0.5) is 0 Å². The van der Waals surface area contributed by atoms with Gasteiger partial charge in [-0.15, -0.1) is 0 Å². The van der Waals surface area contributed by atoms with Crippen molar-refractivity contribution in [2.45, 2.75) is 26.9 Å². The summed E-state index contributed by atoms with van der Waals surface area (Å²) in [5.74, 6) is 0. The molecule has 58 valence electrons. The van der Waals surface area contributed by atoms with Gasteiger partial charge in [0.15, 0.2) is 0 Å². The lowest BCUT2D eigenvalue weighted by Crippen LogP contribution is -2.22. The Labute approximate surface area is 70.9 Å². The van der Waals surface area contributed by atoms with Crippen molar-refractivity contribution >= 4 is 14.0 Å². The topological polar surface area (TPSA) is 0 Å². The van der Waals surface area contributed by atoms with E-state index in [2.05, 4.69) is 45.1 Å². The van der Waals surface area contributed by atoms with E-state index in [-0.39, 0.29) is 8.80 Å². The number of hydrogen-bond acceptors (Lipinski definition) is 0. The summed E-state index contributed by atoms with van der Waals surface area (Å²) in [6.45, 7) is 9.00. The van der Waals surface area contributed by atoms with Gasteiger partial charge >= 0.3 is 8.80 Å². The smallest absolute Gasteiger partial charge is 0.0562 e. The molecule has 0 spiro atoms. The predicted molar refractivity (Wildman–Crippen MR) is 53.0 cm³/mol. The lowest BCUT2D eigenvalue weighted by molar-refractivity contribution is 1.40. The Morgan fingerprint density at radius 1 is 0.909 bits per heavy atom.